The first-order valence-corrected chi connectivity index (χ1v) is 6.37. The molecule has 8 heteroatoms. The molecule has 8 nitrogen and oxygen atoms in total. The van der Waals surface area contributed by atoms with E-state index in [4.69, 9.17) is 26.7 Å². The van der Waals surface area contributed by atoms with E-state index in [0.29, 0.717) is 29.3 Å². The number of nitrogens with zero attached hydrogens (tertiary/aromatic N) is 2. The van der Waals surface area contributed by atoms with E-state index in [9.17, 15) is 4.79 Å². The molecule has 0 spiro atoms. The number of carbonyl (C=O) groups is 1. The van der Waals surface area contributed by atoms with Gasteiger partial charge < -0.3 is 26.7 Å². The summed E-state index contributed by atoms with van der Waals surface area (Å²) in [5, 5.41) is 0. The summed E-state index contributed by atoms with van der Waals surface area (Å²) >= 11 is 0. The maximum atomic E-state index is 11.5. The number of hydrogen-bond acceptors (Lipinski definition) is 7. The first-order valence-electron chi connectivity index (χ1n) is 6.37. The van der Waals surface area contributed by atoms with Gasteiger partial charge in [-0.15, -0.1) is 0 Å². The Kier molecular flexibility index (Phi) is 4.31. The van der Waals surface area contributed by atoms with E-state index in [1.165, 1.54) is 14.2 Å². The third-order valence-corrected chi connectivity index (χ3v) is 3.12. The molecule has 0 aliphatic rings. The minimum Gasteiger partial charge on any atom is -0.496 e. The van der Waals surface area contributed by atoms with Crippen LogP contribution in [0.4, 0.5) is 11.8 Å². The van der Waals surface area contributed by atoms with Crippen LogP contribution in [-0.2, 0) is 6.42 Å². The van der Waals surface area contributed by atoms with E-state index in [1.807, 2.05) is 0 Å². The van der Waals surface area contributed by atoms with Gasteiger partial charge in [0.25, 0.3) is 5.91 Å². The molecule has 0 saturated carbocycles. The third-order valence-electron chi connectivity index (χ3n) is 3.12. The summed E-state index contributed by atoms with van der Waals surface area (Å²) in [6, 6.07) is 3.39. The fourth-order valence-electron chi connectivity index (χ4n) is 2.10. The van der Waals surface area contributed by atoms with Crippen molar-refractivity contribution in [1.29, 1.82) is 0 Å². The highest BCUT2D eigenvalue weighted by molar-refractivity contribution is 5.98. The number of amides is 1. The summed E-state index contributed by atoms with van der Waals surface area (Å²) in [6.07, 6.45) is 1.98. The van der Waals surface area contributed by atoms with Gasteiger partial charge in [0.1, 0.15) is 22.9 Å². The summed E-state index contributed by atoms with van der Waals surface area (Å²) in [6.45, 7) is 0. The van der Waals surface area contributed by atoms with Gasteiger partial charge in [0.15, 0.2) is 0 Å². The molecule has 1 heterocycles. The Morgan fingerprint density at radius 2 is 1.77 bits per heavy atom. The lowest BCUT2D eigenvalue weighted by atomic mass is 10.0. The Morgan fingerprint density at radius 1 is 1.18 bits per heavy atom. The van der Waals surface area contributed by atoms with Crippen molar-refractivity contribution < 1.29 is 14.3 Å². The lowest BCUT2D eigenvalue weighted by molar-refractivity contribution is 0.0994. The molecule has 1 aromatic carbocycles. The number of nitrogen functional groups attached to an aromatic ring is 2. The van der Waals surface area contributed by atoms with Crippen LogP contribution in [-0.4, -0.2) is 30.1 Å². The first kappa shape index (κ1) is 15.4. The van der Waals surface area contributed by atoms with Crippen LogP contribution in [0.1, 0.15) is 21.5 Å². The highest BCUT2D eigenvalue weighted by Gasteiger charge is 2.18. The van der Waals surface area contributed by atoms with Crippen molar-refractivity contribution in [3.8, 4) is 11.5 Å². The van der Waals surface area contributed by atoms with Gasteiger partial charge in [-0.1, -0.05) is 0 Å². The normalized spacial score (nSPS) is 10.3. The Morgan fingerprint density at radius 3 is 2.23 bits per heavy atom. The molecule has 1 amide bonds. The highest BCUT2D eigenvalue weighted by Crippen LogP contribution is 2.31. The van der Waals surface area contributed by atoms with Crippen LogP contribution in [0.3, 0.4) is 0 Å². The molecular formula is C14H17N5O3. The number of ether oxygens (including phenoxy) is 2. The summed E-state index contributed by atoms with van der Waals surface area (Å²) in [5.41, 5.74) is 18.3. The second kappa shape index (κ2) is 6.17. The van der Waals surface area contributed by atoms with Crippen LogP contribution in [0, 0.1) is 0 Å². The Hall–Kier alpha value is -3.03. The molecule has 0 fully saturated rings. The summed E-state index contributed by atoms with van der Waals surface area (Å²) in [5.74, 6) is 0.439. The van der Waals surface area contributed by atoms with Crippen LogP contribution < -0.4 is 26.7 Å². The smallest absolute Gasteiger partial charge is 0.256 e. The fraction of sp³-hybridized carbons (Fsp3) is 0.214. The van der Waals surface area contributed by atoms with Gasteiger partial charge in [0, 0.05) is 18.2 Å². The first-order chi connectivity index (χ1) is 10.5. The molecule has 0 saturated heterocycles. The minimum absolute atomic E-state index is 0.112. The maximum absolute atomic E-state index is 11.5. The van der Waals surface area contributed by atoms with Gasteiger partial charge in [-0.3, -0.25) is 4.79 Å². The lowest BCUT2D eigenvalue weighted by Gasteiger charge is -2.13. The molecule has 0 unspecified atom stereocenters. The van der Waals surface area contributed by atoms with Gasteiger partial charge in [0.05, 0.1) is 14.2 Å². The van der Waals surface area contributed by atoms with Crippen molar-refractivity contribution in [1.82, 2.24) is 9.97 Å². The third kappa shape index (κ3) is 3.00. The van der Waals surface area contributed by atoms with Crippen LogP contribution in [0.25, 0.3) is 0 Å². The van der Waals surface area contributed by atoms with Crippen molar-refractivity contribution in [3.63, 3.8) is 0 Å². The van der Waals surface area contributed by atoms with Crippen LogP contribution >= 0.6 is 0 Å². The number of nitrogens with two attached hydrogens (primary N) is 3. The number of benzene rings is 1. The van der Waals surface area contributed by atoms with Crippen molar-refractivity contribution in [2.24, 2.45) is 5.73 Å². The van der Waals surface area contributed by atoms with Crippen LogP contribution in [0.2, 0.25) is 0 Å². The van der Waals surface area contributed by atoms with Gasteiger partial charge in [0.2, 0.25) is 5.95 Å². The predicted octanol–water partition coefficient (Wildman–Crippen LogP) is 0.348. The zero-order valence-electron chi connectivity index (χ0n) is 12.3. The second-order valence-electron chi connectivity index (χ2n) is 4.56. The average Bonchev–Trinajstić information content (AvgIpc) is 2.48. The van der Waals surface area contributed by atoms with Gasteiger partial charge >= 0.3 is 0 Å². The molecule has 116 valence electrons. The maximum Gasteiger partial charge on any atom is 0.256 e. The van der Waals surface area contributed by atoms with Crippen LogP contribution in [0.5, 0.6) is 11.5 Å². The van der Waals surface area contributed by atoms with Crippen molar-refractivity contribution in [2.75, 3.05) is 25.7 Å². The largest absolute Gasteiger partial charge is 0.496 e. The van der Waals surface area contributed by atoms with E-state index in [-0.39, 0.29) is 11.5 Å². The topological polar surface area (TPSA) is 139 Å². The monoisotopic (exact) mass is 303 g/mol. The highest BCUT2D eigenvalue weighted by atomic mass is 16.5. The number of methoxy groups -OCH3 is 2. The second-order valence-corrected chi connectivity index (χ2v) is 4.56. The standard InChI is InChI=1S/C14H17N5O3/c1-21-9-4-7(5-10(22-2)11(9)13(16)20)3-8-6-18-14(17)19-12(8)15/h4-6H,3H2,1-2H3,(H2,16,20)(H4,15,17,18,19). The molecule has 0 aliphatic carbocycles. The number of carbonyl (C=O) groups excluding carboxylic acids is 1. The fourth-order valence-corrected chi connectivity index (χ4v) is 2.10. The molecule has 0 radical (unpaired) electrons. The Bertz CT molecular complexity index is 693. The zero-order valence-corrected chi connectivity index (χ0v) is 12.3. The van der Waals surface area contributed by atoms with Gasteiger partial charge in [-0.05, 0) is 17.7 Å². The van der Waals surface area contributed by atoms with Crippen LogP contribution in [0.15, 0.2) is 18.3 Å². The molecule has 6 N–H and O–H groups in total. The van der Waals surface area contributed by atoms with Crippen molar-refractivity contribution in [2.45, 2.75) is 6.42 Å². The summed E-state index contributed by atoms with van der Waals surface area (Å²) < 4.78 is 10.4. The molecule has 1 aromatic heterocycles. The van der Waals surface area contributed by atoms with E-state index in [2.05, 4.69) is 9.97 Å². The number of anilines is 2. The number of aromatic nitrogens is 2. The molecule has 0 atom stereocenters. The predicted molar refractivity (Wildman–Crippen MR) is 81.7 cm³/mol. The molecule has 2 rings (SSSR count). The molecule has 22 heavy (non-hydrogen) atoms. The molecular weight excluding hydrogens is 286 g/mol. The molecule has 0 bridgehead atoms. The zero-order chi connectivity index (χ0) is 16.3. The number of rotatable bonds is 5. The summed E-state index contributed by atoms with van der Waals surface area (Å²) in [4.78, 5) is 19.4. The summed E-state index contributed by atoms with van der Waals surface area (Å²) in [7, 11) is 2.90. The minimum atomic E-state index is -0.629. The molecule has 0 aliphatic heterocycles. The number of hydrogen-bond donors (Lipinski definition) is 3. The Labute approximate surface area is 127 Å². The van der Waals surface area contributed by atoms with Gasteiger partial charge in [-0.2, -0.15) is 4.98 Å². The van der Waals surface area contributed by atoms with Crippen molar-refractivity contribution in [3.05, 3.63) is 35.0 Å². The quantitative estimate of drug-likeness (QED) is 0.723. The lowest BCUT2D eigenvalue weighted by Crippen LogP contribution is -2.14. The van der Waals surface area contributed by atoms with E-state index < -0.39 is 5.91 Å². The molecule has 2 aromatic rings. The van der Waals surface area contributed by atoms with Crippen molar-refractivity contribution >= 4 is 17.7 Å². The van der Waals surface area contributed by atoms with E-state index in [0.717, 1.165) is 5.56 Å². The van der Waals surface area contributed by atoms with E-state index in [1.54, 1.807) is 18.3 Å². The number of primary amides is 1. The van der Waals surface area contributed by atoms with E-state index >= 15 is 0 Å². The Balaban J connectivity index is 2.46. The van der Waals surface area contributed by atoms with Gasteiger partial charge in [-0.25, -0.2) is 4.98 Å². The SMILES string of the molecule is COc1cc(Cc2cnc(N)nc2N)cc(OC)c1C(N)=O. The average molecular weight is 303 g/mol.